The molecule has 0 saturated carbocycles. The first-order valence-corrected chi connectivity index (χ1v) is 4.93. The second-order valence-electron chi connectivity index (χ2n) is 3.36. The number of nitrogens with zero attached hydrogens (tertiary/aromatic N) is 1. The van der Waals surface area contributed by atoms with Crippen molar-refractivity contribution in [3.63, 3.8) is 0 Å². The second kappa shape index (κ2) is 5.89. The van der Waals surface area contributed by atoms with Crippen molar-refractivity contribution in [2.24, 2.45) is 5.92 Å². The van der Waals surface area contributed by atoms with Gasteiger partial charge < -0.3 is 15.0 Å². The molecule has 6 heteroatoms. The van der Waals surface area contributed by atoms with Crippen LogP contribution in [0.4, 0.5) is 0 Å². The summed E-state index contributed by atoms with van der Waals surface area (Å²) in [7, 11) is 2.84. The molecule has 0 aliphatic heterocycles. The van der Waals surface area contributed by atoms with E-state index in [0.717, 1.165) is 5.69 Å². The highest BCUT2D eigenvalue weighted by Gasteiger charge is 2.23. The molecule has 0 aliphatic carbocycles. The van der Waals surface area contributed by atoms with Gasteiger partial charge in [-0.15, -0.1) is 0 Å². The summed E-state index contributed by atoms with van der Waals surface area (Å²) >= 11 is 0. The quantitative estimate of drug-likeness (QED) is 0.684. The van der Waals surface area contributed by atoms with Crippen LogP contribution in [0, 0.1) is 5.92 Å². The molecule has 1 amide bonds. The third kappa shape index (κ3) is 3.38. The Labute approximate surface area is 93.4 Å². The minimum atomic E-state index is -0.492. The van der Waals surface area contributed by atoms with Gasteiger partial charge in [-0.25, -0.2) is 4.98 Å². The number of carbonyl (C=O) groups excluding carboxylic acids is 2. The van der Waals surface area contributed by atoms with Crippen molar-refractivity contribution >= 4 is 11.9 Å². The van der Waals surface area contributed by atoms with Crippen molar-refractivity contribution in [1.82, 2.24) is 15.3 Å². The highest BCUT2D eigenvalue weighted by molar-refractivity contribution is 5.82. The zero-order chi connectivity index (χ0) is 12.0. The summed E-state index contributed by atoms with van der Waals surface area (Å²) in [4.78, 5) is 29.5. The van der Waals surface area contributed by atoms with Crippen LogP contribution in [0.15, 0.2) is 12.5 Å². The van der Waals surface area contributed by atoms with E-state index < -0.39 is 11.9 Å². The van der Waals surface area contributed by atoms with Gasteiger partial charge in [0.1, 0.15) is 0 Å². The predicted molar refractivity (Wildman–Crippen MR) is 56.5 cm³/mol. The maximum absolute atomic E-state index is 11.4. The molecule has 0 saturated heterocycles. The van der Waals surface area contributed by atoms with Crippen molar-refractivity contribution in [2.45, 2.75) is 12.8 Å². The summed E-state index contributed by atoms with van der Waals surface area (Å²) in [6.45, 7) is 0. The smallest absolute Gasteiger partial charge is 0.309 e. The van der Waals surface area contributed by atoms with Crippen LogP contribution in [0.2, 0.25) is 0 Å². The molecule has 0 aliphatic rings. The van der Waals surface area contributed by atoms with Gasteiger partial charge in [0.15, 0.2) is 0 Å². The molecule has 0 spiro atoms. The zero-order valence-corrected chi connectivity index (χ0v) is 9.32. The topological polar surface area (TPSA) is 84.1 Å². The zero-order valence-electron chi connectivity index (χ0n) is 9.32. The fourth-order valence-corrected chi connectivity index (χ4v) is 1.39. The van der Waals surface area contributed by atoms with Gasteiger partial charge in [-0.3, -0.25) is 9.59 Å². The lowest BCUT2D eigenvalue weighted by atomic mass is 9.99. The standard InChI is InChI=1S/C10H15N3O3/c1-11-9(14)4-7(10(15)16-2)3-8-5-12-6-13-8/h5-7H,3-4H2,1-2H3,(H,11,14)(H,12,13). The van der Waals surface area contributed by atoms with E-state index in [1.807, 2.05) is 0 Å². The van der Waals surface area contributed by atoms with Crippen LogP contribution in [-0.4, -0.2) is 36.0 Å². The van der Waals surface area contributed by atoms with Crippen LogP contribution in [0.25, 0.3) is 0 Å². The molecular weight excluding hydrogens is 210 g/mol. The van der Waals surface area contributed by atoms with Crippen molar-refractivity contribution in [1.29, 1.82) is 0 Å². The number of amides is 1. The van der Waals surface area contributed by atoms with Gasteiger partial charge in [0.25, 0.3) is 0 Å². The third-order valence-corrected chi connectivity index (χ3v) is 2.26. The van der Waals surface area contributed by atoms with Crippen LogP contribution in [0.5, 0.6) is 0 Å². The maximum Gasteiger partial charge on any atom is 0.309 e. The summed E-state index contributed by atoms with van der Waals surface area (Å²) in [5.41, 5.74) is 0.735. The minimum Gasteiger partial charge on any atom is -0.469 e. The monoisotopic (exact) mass is 225 g/mol. The summed E-state index contributed by atoms with van der Waals surface area (Å²) in [6, 6.07) is 0. The van der Waals surface area contributed by atoms with E-state index >= 15 is 0 Å². The number of hydrogen-bond acceptors (Lipinski definition) is 4. The van der Waals surface area contributed by atoms with Gasteiger partial charge in [-0.1, -0.05) is 0 Å². The Balaban J connectivity index is 2.64. The second-order valence-corrected chi connectivity index (χ2v) is 3.36. The van der Waals surface area contributed by atoms with E-state index in [4.69, 9.17) is 0 Å². The number of hydrogen-bond donors (Lipinski definition) is 2. The molecule has 1 aromatic heterocycles. The van der Waals surface area contributed by atoms with E-state index in [1.54, 1.807) is 6.20 Å². The summed E-state index contributed by atoms with van der Waals surface area (Å²) in [6.07, 6.45) is 3.73. The first-order chi connectivity index (χ1) is 7.67. The number of aromatic nitrogens is 2. The lowest BCUT2D eigenvalue weighted by Crippen LogP contribution is -2.27. The number of H-pyrrole nitrogens is 1. The Morgan fingerprint density at radius 2 is 2.38 bits per heavy atom. The van der Waals surface area contributed by atoms with Gasteiger partial charge in [-0.2, -0.15) is 0 Å². The summed E-state index contributed by atoms with van der Waals surface area (Å²) in [5.74, 6) is -1.08. The number of imidazole rings is 1. The first-order valence-electron chi connectivity index (χ1n) is 4.93. The van der Waals surface area contributed by atoms with Crippen molar-refractivity contribution in [2.75, 3.05) is 14.2 Å². The maximum atomic E-state index is 11.4. The summed E-state index contributed by atoms with van der Waals surface area (Å²) in [5, 5.41) is 2.48. The Morgan fingerprint density at radius 1 is 1.62 bits per heavy atom. The fourth-order valence-electron chi connectivity index (χ4n) is 1.39. The molecule has 1 atom stereocenters. The normalized spacial score (nSPS) is 11.9. The number of methoxy groups -OCH3 is 1. The van der Waals surface area contributed by atoms with Crippen LogP contribution in [0.3, 0.4) is 0 Å². The van der Waals surface area contributed by atoms with Crippen molar-refractivity contribution in [3.8, 4) is 0 Å². The van der Waals surface area contributed by atoms with Crippen LogP contribution in [0.1, 0.15) is 12.1 Å². The van der Waals surface area contributed by atoms with E-state index in [2.05, 4.69) is 20.0 Å². The summed E-state index contributed by atoms with van der Waals surface area (Å²) < 4.78 is 4.65. The predicted octanol–water partition coefficient (Wildman–Crippen LogP) is -0.123. The molecule has 6 nitrogen and oxygen atoms in total. The SMILES string of the molecule is CNC(=O)CC(Cc1c[nH]cn1)C(=O)OC. The molecule has 2 N–H and O–H groups in total. The van der Waals surface area contributed by atoms with Gasteiger partial charge in [0.2, 0.25) is 5.91 Å². The number of esters is 1. The van der Waals surface area contributed by atoms with Crippen LogP contribution >= 0.6 is 0 Å². The first kappa shape index (κ1) is 12.2. The van der Waals surface area contributed by atoms with Crippen molar-refractivity contribution < 1.29 is 14.3 Å². The van der Waals surface area contributed by atoms with Gasteiger partial charge >= 0.3 is 5.97 Å². The molecule has 1 heterocycles. The molecule has 16 heavy (non-hydrogen) atoms. The lowest BCUT2D eigenvalue weighted by molar-refractivity contribution is -0.147. The number of rotatable bonds is 5. The largest absolute Gasteiger partial charge is 0.469 e. The molecule has 1 rings (SSSR count). The van der Waals surface area contributed by atoms with E-state index in [-0.39, 0.29) is 12.3 Å². The Kier molecular flexibility index (Phi) is 4.50. The molecule has 1 unspecified atom stereocenters. The molecule has 0 aromatic carbocycles. The number of carbonyl (C=O) groups is 2. The minimum absolute atomic E-state index is 0.107. The Bertz CT molecular complexity index is 348. The average Bonchev–Trinajstić information content (AvgIpc) is 2.79. The molecule has 0 radical (unpaired) electrons. The molecule has 1 aromatic rings. The Hall–Kier alpha value is -1.85. The molecule has 0 fully saturated rings. The number of aromatic amines is 1. The molecule has 0 bridgehead atoms. The lowest BCUT2D eigenvalue weighted by Gasteiger charge is -2.12. The average molecular weight is 225 g/mol. The Morgan fingerprint density at radius 3 is 2.88 bits per heavy atom. The third-order valence-electron chi connectivity index (χ3n) is 2.26. The number of nitrogens with one attached hydrogen (secondary N) is 2. The van der Waals surface area contributed by atoms with E-state index in [9.17, 15) is 9.59 Å². The van der Waals surface area contributed by atoms with Crippen molar-refractivity contribution in [3.05, 3.63) is 18.2 Å². The highest BCUT2D eigenvalue weighted by atomic mass is 16.5. The highest BCUT2D eigenvalue weighted by Crippen LogP contribution is 2.12. The van der Waals surface area contributed by atoms with Gasteiger partial charge in [0.05, 0.1) is 25.0 Å². The van der Waals surface area contributed by atoms with Crippen LogP contribution < -0.4 is 5.32 Å². The van der Waals surface area contributed by atoms with E-state index in [0.29, 0.717) is 6.42 Å². The number of ether oxygens (including phenoxy) is 1. The fraction of sp³-hybridized carbons (Fsp3) is 0.500. The molecule has 88 valence electrons. The molecular formula is C10H15N3O3. The van der Waals surface area contributed by atoms with E-state index in [1.165, 1.54) is 20.5 Å². The van der Waals surface area contributed by atoms with Gasteiger partial charge in [0, 0.05) is 26.1 Å². The van der Waals surface area contributed by atoms with Gasteiger partial charge in [-0.05, 0) is 0 Å². The van der Waals surface area contributed by atoms with Crippen LogP contribution in [-0.2, 0) is 20.7 Å².